The number of rotatable bonds is 1. The van der Waals surface area contributed by atoms with Gasteiger partial charge in [-0.2, -0.15) is 0 Å². The SMILES string of the molecule is Cc1cccc(-c2n[nH]c(=O)o2)n1. The van der Waals surface area contributed by atoms with E-state index in [1.807, 2.05) is 19.1 Å². The first kappa shape index (κ1) is 7.72. The highest BCUT2D eigenvalue weighted by molar-refractivity contribution is 5.45. The van der Waals surface area contributed by atoms with Crippen molar-refractivity contribution in [1.82, 2.24) is 15.2 Å². The molecule has 66 valence electrons. The first-order valence-corrected chi connectivity index (χ1v) is 3.75. The zero-order valence-electron chi connectivity index (χ0n) is 6.94. The highest BCUT2D eigenvalue weighted by atomic mass is 16.4. The molecule has 0 aromatic carbocycles. The molecule has 0 amide bonds. The van der Waals surface area contributed by atoms with Crippen molar-refractivity contribution in [2.45, 2.75) is 6.92 Å². The Kier molecular flexibility index (Phi) is 1.70. The van der Waals surface area contributed by atoms with Crippen LogP contribution in [0.4, 0.5) is 0 Å². The Bertz CT molecular complexity index is 472. The molecule has 13 heavy (non-hydrogen) atoms. The van der Waals surface area contributed by atoms with E-state index in [0.717, 1.165) is 5.69 Å². The van der Waals surface area contributed by atoms with Gasteiger partial charge in [0.15, 0.2) is 0 Å². The smallest absolute Gasteiger partial charge is 0.386 e. The number of aromatic nitrogens is 3. The van der Waals surface area contributed by atoms with E-state index in [4.69, 9.17) is 4.42 Å². The normalized spacial score (nSPS) is 10.2. The Morgan fingerprint density at radius 2 is 2.31 bits per heavy atom. The molecule has 0 bridgehead atoms. The number of aryl methyl sites for hydroxylation is 1. The number of nitrogens with zero attached hydrogens (tertiary/aromatic N) is 2. The summed E-state index contributed by atoms with van der Waals surface area (Å²) in [6, 6.07) is 5.41. The third kappa shape index (κ3) is 1.48. The fourth-order valence-electron chi connectivity index (χ4n) is 1.00. The Morgan fingerprint density at radius 1 is 1.46 bits per heavy atom. The zero-order chi connectivity index (χ0) is 9.26. The van der Waals surface area contributed by atoms with Gasteiger partial charge in [-0.05, 0) is 19.1 Å². The summed E-state index contributed by atoms with van der Waals surface area (Å²) in [5, 5.41) is 5.83. The first-order valence-electron chi connectivity index (χ1n) is 3.75. The third-order valence-electron chi connectivity index (χ3n) is 1.55. The van der Waals surface area contributed by atoms with Gasteiger partial charge in [0.1, 0.15) is 5.69 Å². The van der Waals surface area contributed by atoms with Crippen molar-refractivity contribution < 1.29 is 4.42 Å². The van der Waals surface area contributed by atoms with Crippen LogP contribution in [0, 0.1) is 6.92 Å². The number of nitrogens with one attached hydrogen (secondary N) is 1. The Labute approximate surface area is 73.4 Å². The summed E-state index contributed by atoms with van der Waals surface area (Å²) in [4.78, 5) is 14.8. The monoisotopic (exact) mass is 177 g/mol. The lowest BCUT2D eigenvalue weighted by Gasteiger charge is -1.93. The first-order chi connectivity index (χ1) is 6.25. The van der Waals surface area contributed by atoms with E-state index in [9.17, 15) is 4.79 Å². The summed E-state index contributed by atoms with van der Waals surface area (Å²) >= 11 is 0. The minimum atomic E-state index is -0.571. The van der Waals surface area contributed by atoms with Crippen LogP contribution in [0.25, 0.3) is 11.6 Å². The molecule has 0 saturated carbocycles. The quantitative estimate of drug-likeness (QED) is 0.697. The molecule has 0 fully saturated rings. The van der Waals surface area contributed by atoms with Crippen LogP contribution in [-0.4, -0.2) is 15.2 Å². The molecule has 2 aromatic rings. The summed E-state index contributed by atoms with van der Waals surface area (Å²) in [6.45, 7) is 1.86. The summed E-state index contributed by atoms with van der Waals surface area (Å²) in [6.07, 6.45) is 0. The minimum Gasteiger partial charge on any atom is -0.386 e. The molecule has 0 aliphatic carbocycles. The number of aromatic amines is 1. The lowest BCUT2D eigenvalue weighted by atomic mass is 10.3. The molecule has 0 spiro atoms. The molecule has 2 heterocycles. The van der Waals surface area contributed by atoms with Crippen molar-refractivity contribution in [3.63, 3.8) is 0 Å². The molecule has 5 nitrogen and oxygen atoms in total. The summed E-state index contributed by atoms with van der Waals surface area (Å²) in [5.74, 6) is -0.355. The van der Waals surface area contributed by atoms with Crippen LogP contribution in [0.3, 0.4) is 0 Å². The maximum absolute atomic E-state index is 10.6. The number of hydrogen-bond donors (Lipinski definition) is 1. The van der Waals surface area contributed by atoms with Gasteiger partial charge in [0.05, 0.1) is 0 Å². The van der Waals surface area contributed by atoms with Gasteiger partial charge in [-0.1, -0.05) is 6.07 Å². The highest BCUT2D eigenvalue weighted by Gasteiger charge is 2.05. The lowest BCUT2D eigenvalue weighted by Crippen LogP contribution is -1.93. The fraction of sp³-hybridized carbons (Fsp3) is 0.125. The zero-order valence-corrected chi connectivity index (χ0v) is 6.94. The topological polar surface area (TPSA) is 71.8 Å². The second-order valence-corrected chi connectivity index (χ2v) is 2.58. The fourth-order valence-corrected chi connectivity index (χ4v) is 1.00. The van der Waals surface area contributed by atoms with Crippen LogP contribution in [-0.2, 0) is 0 Å². The summed E-state index contributed by atoms with van der Waals surface area (Å²) in [7, 11) is 0. The Morgan fingerprint density at radius 3 is 2.92 bits per heavy atom. The van der Waals surface area contributed by atoms with Crippen LogP contribution in [0.15, 0.2) is 27.4 Å². The number of pyridine rings is 1. The van der Waals surface area contributed by atoms with Gasteiger partial charge in [-0.15, -0.1) is 5.10 Å². The van der Waals surface area contributed by atoms with Gasteiger partial charge in [0, 0.05) is 5.69 Å². The third-order valence-corrected chi connectivity index (χ3v) is 1.55. The van der Waals surface area contributed by atoms with E-state index < -0.39 is 5.76 Å². The lowest BCUT2D eigenvalue weighted by molar-refractivity contribution is 0.525. The molecule has 0 radical (unpaired) electrons. The standard InChI is InChI=1S/C8H7N3O2/c1-5-3-2-4-6(9-5)7-10-11-8(12)13-7/h2-4H,1H3,(H,11,12). The molecular formula is C8H7N3O2. The molecular weight excluding hydrogens is 170 g/mol. The minimum absolute atomic E-state index is 0.216. The van der Waals surface area contributed by atoms with Crippen LogP contribution in [0.1, 0.15) is 5.69 Å². The van der Waals surface area contributed by atoms with Gasteiger partial charge in [-0.25, -0.2) is 14.9 Å². The molecule has 1 N–H and O–H groups in total. The van der Waals surface area contributed by atoms with E-state index >= 15 is 0 Å². The molecule has 0 aliphatic rings. The predicted molar refractivity (Wildman–Crippen MR) is 45.1 cm³/mol. The number of H-pyrrole nitrogens is 1. The van der Waals surface area contributed by atoms with E-state index in [-0.39, 0.29) is 5.89 Å². The molecule has 0 atom stereocenters. The Hall–Kier alpha value is -1.91. The largest absolute Gasteiger partial charge is 0.434 e. The van der Waals surface area contributed by atoms with Crippen LogP contribution in [0.5, 0.6) is 0 Å². The summed E-state index contributed by atoms with van der Waals surface area (Å²) < 4.78 is 4.74. The molecule has 0 aliphatic heterocycles. The van der Waals surface area contributed by atoms with E-state index in [0.29, 0.717) is 5.69 Å². The van der Waals surface area contributed by atoms with Gasteiger partial charge >= 0.3 is 5.76 Å². The molecule has 2 aromatic heterocycles. The average Bonchev–Trinajstić information content (AvgIpc) is 2.52. The van der Waals surface area contributed by atoms with Gasteiger partial charge in [-0.3, -0.25) is 0 Å². The van der Waals surface area contributed by atoms with E-state index in [2.05, 4.69) is 15.2 Å². The average molecular weight is 177 g/mol. The predicted octanol–water partition coefficient (Wildman–Crippen LogP) is 0.733. The van der Waals surface area contributed by atoms with Crippen molar-refractivity contribution in [3.8, 4) is 11.6 Å². The van der Waals surface area contributed by atoms with E-state index in [1.165, 1.54) is 0 Å². The Balaban J connectivity index is 2.52. The molecule has 0 saturated heterocycles. The van der Waals surface area contributed by atoms with Crippen LogP contribution in [0.2, 0.25) is 0 Å². The molecule has 2 rings (SSSR count). The van der Waals surface area contributed by atoms with Crippen molar-refractivity contribution >= 4 is 0 Å². The van der Waals surface area contributed by atoms with Gasteiger partial charge in [0.25, 0.3) is 5.89 Å². The molecule has 5 heteroatoms. The van der Waals surface area contributed by atoms with Crippen molar-refractivity contribution in [2.75, 3.05) is 0 Å². The van der Waals surface area contributed by atoms with Crippen molar-refractivity contribution in [1.29, 1.82) is 0 Å². The second-order valence-electron chi connectivity index (χ2n) is 2.58. The van der Waals surface area contributed by atoms with Crippen LogP contribution >= 0.6 is 0 Å². The van der Waals surface area contributed by atoms with Gasteiger partial charge < -0.3 is 4.42 Å². The number of hydrogen-bond acceptors (Lipinski definition) is 4. The van der Waals surface area contributed by atoms with Crippen LogP contribution < -0.4 is 5.76 Å². The highest BCUT2D eigenvalue weighted by Crippen LogP contribution is 2.10. The van der Waals surface area contributed by atoms with Gasteiger partial charge in [0.2, 0.25) is 0 Å². The second kappa shape index (κ2) is 2.85. The maximum Gasteiger partial charge on any atom is 0.434 e. The van der Waals surface area contributed by atoms with E-state index in [1.54, 1.807) is 6.07 Å². The summed E-state index contributed by atoms with van der Waals surface area (Å²) in [5.41, 5.74) is 1.40. The molecule has 0 unspecified atom stereocenters. The van der Waals surface area contributed by atoms with Crippen molar-refractivity contribution in [2.24, 2.45) is 0 Å². The maximum atomic E-state index is 10.6. The van der Waals surface area contributed by atoms with Crippen molar-refractivity contribution in [3.05, 3.63) is 34.4 Å².